The van der Waals surface area contributed by atoms with Crippen molar-refractivity contribution in [1.29, 1.82) is 0 Å². The molecule has 3 rings (SSSR count). The van der Waals surface area contributed by atoms with Crippen LogP contribution >= 0.6 is 23.2 Å². The number of halogens is 2. The molecule has 1 heterocycles. The van der Waals surface area contributed by atoms with Crippen LogP contribution in [0.1, 0.15) is 33.1 Å². The molecule has 1 aromatic carbocycles. The van der Waals surface area contributed by atoms with Crippen LogP contribution < -0.4 is 5.32 Å². The molecule has 2 nitrogen and oxygen atoms in total. The van der Waals surface area contributed by atoms with Crippen LogP contribution in [0, 0.1) is 11.8 Å². The smallest absolute Gasteiger partial charge is 0.0652 e. The van der Waals surface area contributed by atoms with Crippen molar-refractivity contribution in [2.24, 2.45) is 11.8 Å². The Bertz CT molecular complexity index is 490. The van der Waals surface area contributed by atoms with E-state index >= 15 is 0 Å². The van der Waals surface area contributed by atoms with Gasteiger partial charge in [0.2, 0.25) is 0 Å². The minimum Gasteiger partial charge on any atom is -0.380 e. The molecular formula is C17H24Cl2N2. The molecule has 1 saturated carbocycles. The second-order valence-corrected chi connectivity index (χ2v) is 7.64. The van der Waals surface area contributed by atoms with E-state index in [1.807, 2.05) is 18.2 Å². The molecule has 1 saturated heterocycles. The number of benzene rings is 1. The lowest BCUT2D eigenvalue weighted by Crippen LogP contribution is -2.56. The third-order valence-electron chi connectivity index (χ3n) is 5.09. The summed E-state index contributed by atoms with van der Waals surface area (Å²) in [4.78, 5) is 2.64. The fraction of sp³-hybridized carbons (Fsp3) is 0.647. The Labute approximate surface area is 137 Å². The highest BCUT2D eigenvalue weighted by molar-refractivity contribution is 6.36. The van der Waals surface area contributed by atoms with Gasteiger partial charge < -0.3 is 10.2 Å². The highest BCUT2D eigenvalue weighted by Gasteiger charge is 2.40. The van der Waals surface area contributed by atoms with Crippen molar-refractivity contribution in [3.05, 3.63) is 28.2 Å². The lowest BCUT2D eigenvalue weighted by atomic mass is 9.73. The zero-order valence-electron chi connectivity index (χ0n) is 12.8. The first kappa shape index (κ1) is 15.5. The Morgan fingerprint density at radius 3 is 2.38 bits per heavy atom. The molecule has 0 radical (unpaired) electrons. The summed E-state index contributed by atoms with van der Waals surface area (Å²) in [6.45, 7) is 7.02. The molecule has 2 unspecified atom stereocenters. The first-order chi connectivity index (χ1) is 10.0. The number of hydrogen-bond donors (Lipinski definition) is 1. The highest BCUT2D eigenvalue weighted by atomic mass is 35.5. The minimum atomic E-state index is 0.549. The Morgan fingerprint density at radius 2 is 1.81 bits per heavy atom. The van der Waals surface area contributed by atoms with Gasteiger partial charge in [-0.3, -0.25) is 0 Å². The molecule has 116 valence electrons. The van der Waals surface area contributed by atoms with E-state index in [1.54, 1.807) is 0 Å². The number of hydrogen-bond acceptors (Lipinski definition) is 2. The maximum absolute atomic E-state index is 6.33. The van der Waals surface area contributed by atoms with Crippen LogP contribution in [0.4, 0.5) is 5.69 Å². The van der Waals surface area contributed by atoms with E-state index in [-0.39, 0.29) is 0 Å². The van der Waals surface area contributed by atoms with Crippen molar-refractivity contribution in [1.82, 2.24) is 4.90 Å². The molecule has 4 heteroatoms. The topological polar surface area (TPSA) is 15.3 Å². The largest absolute Gasteiger partial charge is 0.380 e. The van der Waals surface area contributed by atoms with E-state index in [0.717, 1.165) is 22.5 Å². The molecule has 2 atom stereocenters. The van der Waals surface area contributed by atoms with E-state index in [4.69, 9.17) is 23.2 Å². The van der Waals surface area contributed by atoms with Gasteiger partial charge in [0.15, 0.2) is 0 Å². The van der Waals surface area contributed by atoms with Gasteiger partial charge >= 0.3 is 0 Å². The predicted molar refractivity (Wildman–Crippen MR) is 91.4 cm³/mol. The van der Waals surface area contributed by atoms with Gasteiger partial charge in [-0.05, 0) is 56.7 Å². The fourth-order valence-corrected chi connectivity index (χ4v) is 4.38. The summed E-state index contributed by atoms with van der Waals surface area (Å²) in [5.41, 5.74) is 1.03. The first-order valence-corrected chi connectivity index (χ1v) is 8.76. The van der Waals surface area contributed by atoms with Crippen LogP contribution in [0.15, 0.2) is 18.2 Å². The van der Waals surface area contributed by atoms with Crippen molar-refractivity contribution in [2.45, 2.75) is 45.2 Å². The summed E-state index contributed by atoms with van der Waals surface area (Å²) >= 11 is 12.3. The van der Waals surface area contributed by atoms with Gasteiger partial charge in [0.05, 0.1) is 10.7 Å². The zero-order chi connectivity index (χ0) is 15.0. The van der Waals surface area contributed by atoms with Crippen molar-refractivity contribution in [2.75, 3.05) is 18.4 Å². The molecule has 1 aromatic rings. The number of nitrogens with zero attached hydrogens (tertiary/aromatic N) is 1. The summed E-state index contributed by atoms with van der Waals surface area (Å²) in [6.07, 6.45) is 4.01. The Hall–Kier alpha value is -0.440. The maximum Gasteiger partial charge on any atom is 0.0652 e. The average Bonchev–Trinajstić information content (AvgIpc) is 2.41. The van der Waals surface area contributed by atoms with Gasteiger partial charge in [0.25, 0.3) is 0 Å². The van der Waals surface area contributed by atoms with Crippen LogP contribution in [0.2, 0.25) is 10.0 Å². The second kappa shape index (κ2) is 6.36. The minimum absolute atomic E-state index is 0.549. The van der Waals surface area contributed by atoms with E-state index < -0.39 is 0 Å². The summed E-state index contributed by atoms with van der Waals surface area (Å²) in [5, 5.41) is 5.14. The summed E-state index contributed by atoms with van der Waals surface area (Å²) in [5.74, 6) is 1.46. The van der Waals surface area contributed by atoms with Gasteiger partial charge in [-0.2, -0.15) is 0 Å². The Morgan fingerprint density at radius 1 is 1.14 bits per heavy atom. The van der Waals surface area contributed by atoms with Crippen molar-refractivity contribution >= 4 is 28.9 Å². The van der Waals surface area contributed by atoms with Crippen LogP contribution in [0.3, 0.4) is 0 Å². The van der Waals surface area contributed by atoms with E-state index in [0.29, 0.717) is 17.1 Å². The molecule has 1 N–H and O–H groups in total. The van der Waals surface area contributed by atoms with Crippen LogP contribution in [-0.4, -0.2) is 30.1 Å². The quantitative estimate of drug-likeness (QED) is 0.848. The third kappa shape index (κ3) is 3.33. The lowest BCUT2D eigenvalue weighted by Gasteiger charge is -2.49. The van der Waals surface area contributed by atoms with E-state index in [2.05, 4.69) is 24.1 Å². The number of likely N-dealkylation sites (tertiary alicyclic amines) is 1. The van der Waals surface area contributed by atoms with Crippen LogP contribution in [-0.2, 0) is 0 Å². The predicted octanol–water partition coefficient (Wildman–Crippen LogP) is 4.91. The Balaban J connectivity index is 1.76. The van der Waals surface area contributed by atoms with E-state index in [1.165, 1.54) is 32.4 Å². The van der Waals surface area contributed by atoms with Gasteiger partial charge in [-0.1, -0.05) is 29.6 Å². The molecule has 1 aliphatic heterocycles. The summed E-state index contributed by atoms with van der Waals surface area (Å²) in [6, 6.07) is 6.94. The highest BCUT2D eigenvalue weighted by Crippen LogP contribution is 2.38. The molecule has 0 aromatic heterocycles. The molecule has 2 fully saturated rings. The number of fused-ring (bicyclic) bond motifs is 2. The molecular weight excluding hydrogens is 303 g/mol. The van der Waals surface area contributed by atoms with Crippen LogP contribution in [0.25, 0.3) is 0 Å². The van der Waals surface area contributed by atoms with Crippen LogP contribution in [0.5, 0.6) is 0 Å². The van der Waals surface area contributed by atoms with Gasteiger partial charge in [-0.25, -0.2) is 0 Å². The molecule has 21 heavy (non-hydrogen) atoms. The van der Waals surface area contributed by atoms with Crippen molar-refractivity contribution < 1.29 is 0 Å². The summed E-state index contributed by atoms with van der Waals surface area (Å²) in [7, 11) is 0. The van der Waals surface area contributed by atoms with Gasteiger partial charge in [0, 0.05) is 30.2 Å². The Kier molecular flexibility index (Phi) is 4.68. The van der Waals surface area contributed by atoms with Gasteiger partial charge in [0.1, 0.15) is 0 Å². The second-order valence-electron chi connectivity index (χ2n) is 6.79. The molecule has 1 aliphatic carbocycles. The lowest BCUT2D eigenvalue weighted by molar-refractivity contribution is 0.0518. The normalized spacial score (nSPS) is 29.7. The third-order valence-corrected chi connectivity index (χ3v) is 5.64. The average molecular weight is 327 g/mol. The van der Waals surface area contributed by atoms with Crippen molar-refractivity contribution in [3.63, 3.8) is 0 Å². The van der Waals surface area contributed by atoms with Gasteiger partial charge in [-0.15, -0.1) is 0 Å². The van der Waals surface area contributed by atoms with Crippen molar-refractivity contribution in [3.8, 4) is 0 Å². The van der Waals surface area contributed by atoms with E-state index in [9.17, 15) is 0 Å². The number of rotatable bonds is 3. The summed E-state index contributed by atoms with van der Waals surface area (Å²) < 4.78 is 0. The monoisotopic (exact) mass is 326 g/mol. The standard InChI is InChI=1S/C17H24Cl2N2/c1-11(2)21-9-12-4-3-5-13(10-21)17(12)20-16-7-6-14(18)8-15(16)19/h6-8,11-13,17,20H,3-5,9-10H2,1-2H3. The SMILES string of the molecule is CC(C)N1CC2CCCC(C1)C2Nc1ccc(Cl)cc1Cl. The fourth-order valence-electron chi connectivity index (χ4n) is 3.92. The zero-order valence-corrected chi connectivity index (χ0v) is 14.3. The molecule has 2 bridgehead atoms. The number of piperidine rings is 1. The first-order valence-electron chi connectivity index (χ1n) is 8.00. The number of anilines is 1. The maximum atomic E-state index is 6.33. The molecule has 2 aliphatic rings. The molecule has 0 amide bonds. The number of nitrogens with one attached hydrogen (secondary N) is 1. The molecule has 0 spiro atoms.